The van der Waals surface area contributed by atoms with Crippen LogP contribution in [0.5, 0.6) is 0 Å². The van der Waals surface area contributed by atoms with Crippen LogP contribution in [0.2, 0.25) is 0 Å². The first-order valence-corrected chi connectivity index (χ1v) is 8.04. The molecule has 0 unspecified atom stereocenters. The fourth-order valence-corrected chi connectivity index (χ4v) is 3.34. The minimum atomic E-state index is 0.836. The summed E-state index contributed by atoms with van der Waals surface area (Å²) in [5, 5.41) is 2.16. The molecule has 4 heteroatoms. The van der Waals surface area contributed by atoms with Crippen molar-refractivity contribution in [1.82, 2.24) is 4.90 Å². The van der Waals surface area contributed by atoms with Crippen LogP contribution in [0, 0.1) is 0 Å². The van der Waals surface area contributed by atoms with E-state index in [9.17, 15) is 0 Å². The van der Waals surface area contributed by atoms with E-state index in [0.717, 1.165) is 31.9 Å². The normalized spacial score (nSPS) is 16.5. The molecule has 2 N–H and O–H groups in total. The summed E-state index contributed by atoms with van der Waals surface area (Å²) in [5.41, 5.74) is 7.86. The van der Waals surface area contributed by atoms with Crippen molar-refractivity contribution in [2.45, 2.75) is 6.42 Å². The van der Waals surface area contributed by atoms with Gasteiger partial charge in [-0.2, -0.15) is 0 Å². The molecule has 106 valence electrons. The maximum absolute atomic E-state index is 5.74. The fraction of sp³-hybridized carbons (Fsp3) is 0.375. The summed E-state index contributed by atoms with van der Waals surface area (Å²) < 4.78 is 0. The van der Waals surface area contributed by atoms with E-state index < -0.39 is 0 Å². The molecule has 3 rings (SSSR count). The number of hydrogen-bond donors (Lipinski definition) is 1. The molecule has 0 aliphatic carbocycles. The Balaban J connectivity index is 1.48. The smallest absolute Gasteiger partial charge is 0.0368 e. The van der Waals surface area contributed by atoms with Crippen LogP contribution in [-0.2, 0) is 6.42 Å². The van der Waals surface area contributed by atoms with Crippen LogP contribution in [0.15, 0.2) is 41.8 Å². The van der Waals surface area contributed by atoms with Crippen molar-refractivity contribution >= 4 is 22.7 Å². The quantitative estimate of drug-likeness (QED) is 0.878. The Morgan fingerprint density at radius 3 is 2.40 bits per heavy atom. The van der Waals surface area contributed by atoms with E-state index in [1.54, 1.807) is 0 Å². The predicted molar refractivity (Wildman–Crippen MR) is 87.5 cm³/mol. The zero-order valence-electron chi connectivity index (χ0n) is 11.7. The molecule has 1 aliphatic rings. The molecule has 1 aromatic heterocycles. The molecule has 2 heterocycles. The van der Waals surface area contributed by atoms with E-state index in [1.165, 1.54) is 23.5 Å². The Hall–Kier alpha value is -1.52. The van der Waals surface area contributed by atoms with Crippen molar-refractivity contribution in [2.24, 2.45) is 0 Å². The van der Waals surface area contributed by atoms with E-state index in [4.69, 9.17) is 5.73 Å². The van der Waals surface area contributed by atoms with Gasteiger partial charge in [-0.25, -0.2) is 0 Å². The van der Waals surface area contributed by atoms with Crippen molar-refractivity contribution in [1.29, 1.82) is 0 Å². The molecule has 1 aromatic carbocycles. The SMILES string of the molecule is Nc1ccc(N2CCN(CCc3cccs3)CC2)cc1. The van der Waals surface area contributed by atoms with Gasteiger partial charge in [0.2, 0.25) is 0 Å². The van der Waals surface area contributed by atoms with Crippen LogP contribution in [-0.4, -0.2) is 37.6 Å². The molecule has 0 bridgehead atoms. The van der Waals surface area contributed by atoms with Gasteiger partial charge in [0.05, 0.1) is 0 Å². The van der Waals surface area contributed by atoms with Gasteiger partial charge in [-0.3, -0.25) is 4.90 Å². The van der Waals surface area contributed by atoms with E-state index >= 15 is 0 Å². The van der Waals surface area contributed by atoms with Gasteiger partial charge < -0.3 is 10.6 Å². The molecule has 20 heavy (non-hydrogen) atoms. The van der Waals surface area contributed by atoms with Gasteiger partial charge >= 0.3 is 0 Å². The highest BCUT2D eigenvalue weighted by Crippen LogP contribution is 2.18. The van der Waals surface area contributed by atoms with Gasteiger partial charge in [0.1, 0.15) is 0 Å². The van der Waals surface area contributed by atoms with Gasteiger partial charge in [0.25, 0.3) is 0 Å². The fourth-order valence-electron chi connectivity index (χ4n) is 2.64. The number of piperazine rings is 1. The van der Waals surface area contributed by atoms with Crippen LogP contribution in [0.4, 0.5) is 11.4 Å². The Morgan fingerprint density at radius 1 is 1.00 bits per heavy atom. The summed E-state index contributed by atoms with van der Waals surface area (Å²) in [5.74, 6) is 0. The Morgan fingerprint density at radius 2 is 1.75 bits per heavy atom. The number of nitrogens with zero attached hydrogens (tertiary/aromatic N) is 2. The zero-order valence-corrected chi connectivity index (χ0v) is 12.5. The van der Waals surface area contributed by atoms with Crippen molar-refractivity contribution in [3.8, 4) is 0 Å². The highest BCUT2D eigenvalue weighted by atomic mass is 32.1. The van der Waals surface area contributed by atoms with Crippen LogP contribution in [0.25, 0.3) is 0 Å². The molecule has 0 atom stereocenters. The number of nitrogens with two attached hydrogens (primary N) is 1. The lowest BCUT2D eigenvalue weighted by Gasteiger charge is -2.36. The van der Waals surface area contributed by atoms with Crippen molar-refractivity contribution < 1.29 is 0 Å². The molecule has 1 saturated heterocycles. The summed E-state index contributed by atoms with van der Waals surface area (Å²) in [6, 6.07) is 12.6. The topological polar surface area (TPSA) is 32.5 Å². The second-order valence-corrected chi connectivity index (χ2v) is 6.28. The molecule has 0 amide bonds. The highest BCUT2D eigenvalue weighted by Gasteiger charge is 2.16. The molecule has 0 radical (unpaired) electrons. The lowest BCUT2D eigenvalue weighted by molar-refractivity contribution is 0.261. The average molecular weight is 287 g/mol. The number of anilines is 2. The largest absolute Gasteiger partial charge is 0.399 e. The number of rotatable bonds is 4. The summed E-state index contributed by atoms with van der Waals surface area (Å²) in [6.45, 7) is 5.68. The molecule has 1 fully saturated rings. The number of nitrogen functional groups attached to an aromatic ring is 1. The lowest BCUT2D eigenvalue weighted by Crippen LogP contribution is -2.46. The summed E-state index contributed by atoms with van der Waals surface area (Å²) in [6.07, 6.45) is 1.18. The van der Waals surface area contributed by atoms with Gasteiger partial charge in [-0.05, 0) is 42.1 Å². The van der Waals surface area contributed by atoms with E-state index in [2.05, 4.69) is 39.4 Å². The van der Waals surface area contributed by atoms with Crippen molar-refractivity contribution in [2.75, 3.05) is 43.4 Å². The number of hydrogen-bond acceptors (Lipinski definition) is 4. The van der Waals surface area contributed by atoms with Crippen LogP contribution in [0.1, 0.15) is 4.88 Å². The van der Waals surface area contributed by atoms with E-state index in [0.29, 0.717) is 0 Å². The first-order valence-electron chi connectivity index (χ1n) is 7.16. The molecule has 3 nitrogen and oxygen atoms in total. The molecule has 0 saturated carbocycles. The molecule has 1 aliphatic heterocycles. The van der Waals surface area contributed by atoms with E-state index in [-0.39, 0.29) is 0 Å². The van der Waals surface area contributed by atoms with Gasteiger partial charge in [0, 0.05) is 49.0 Å². The average Bonchev–Trinajstić information content (AvgIpc) is 3.00. The van der Waals surface area contributed by atoms with Gasteiger partial charge in [-0.1, -0.05) is 6.07 Å². The number of thiophene rings is 1. The third kappa shape index (κ3) is 3.32. The second-order valence-electron chi connectivity index (χ2n) is 5.25. The van der Waals surface area contributed by atoms with Gasteiger partial charge in [0.15, 0.2) is 0 Å². The maximum atomic E-state index is 5.74. The standard InChI is InChI=1S/C16H21N3S/c17-14-3-5-15(6-4-14)19-11-9-18(10-12-19)8-7-16-2-1-13-20-16/h1-6,13H,7-12,17H2. The zero-order chi connectivity index (χ0) is 13.8. The minimum Gasteiger partial charge on any atom is -0.399 e. The first-order chi connectivity index (χ1) is 9.81. The third-order valence-electron chi connectivity index (χ3n) is 3.89. The monoisotopic (exact) mass is 287 g/mol. The Labute approximate surface area is 124 Å². The minimum absolute atomic E-state index is 0.836. The van der Waals surface area contributed by atoms with Crippen LogP contribution in [0.3, 0.4) is 0 Å². The molecule has 2 aromatic rings. The van der Waals surface area contributed by atoms with Crippen LogP contribution >= 0.6 is 11.3 Å². The Kier molecular flexibility index (Phi) is 4.23. The Bertz CT molecular complexity index is 513. The lowest BCUT2D eigenvalue weighted by atomic mass is 10.2. The second kappa shape index (κ2) is 6.29. The summed E-state index contributed by atoms with van der Waals surface area (Å²) in [7, 11) is 0. The van der Waals surface area contributed by atoms with Gasteiger partial charge in [-0.15, -0.1) is 11.3 Å². The number of benzene rings is 1. The van der Waals surface area contributed by atoms with Crippen LogP contribution < -0.4 is 10.6 Å². The van der Waals surface area contributed by atoms with Crippen molar-refractivity contribution in [3.63, 3.8) is 0 Å². The third-order valence-corrected chi connectivity index (χ3v) is 4.82. The predicted octanol–water partition coefficient (Wildman–Crippen LogP) is 2.70. The highest BCUT2D eigenvalue weighted by molar-refractivity contribution is 7.09. The maximum Gasteiger partial charge on any atom is 0.0368 e. The molecular formula is C16H21N3S. The van der Waals surface area contributed by atoms with E-state index in [1.807, 2.05) is 23.5 Å². The summed E-state index contributed by atoms with van der Waals surface area (Å²) in [4.78, 5) is 6.50. The molecular weight excluding hydrogens is 266 g/mol. The van der Waals surface area contributed by atoms with Crippen molar-refractivity contribution in [3.05, 3.63) is 46.7 Å². The molecule has 0 spiro atoms. The first kappa shape index (κ1) is 13.5. The summed E-state index contributed by atoms with van der Waals surface area (Å²) >= 11 is 1.86.